The van der Waals surface area contributed by atoms with Gasteiger partial charge in [0.05, 0.1) is 5.56 Å². The minimum Gasteiger partial charge on any atom is -0.448 e. The summed E-state index contributed by atoms with van der Waals surface area (Å²) in [7, 11) is 0. The zero-order chi connectivity index (χ0) is 18.8. The van der Waals surface area contributed by atoms with Gasteiger partial charge in [-0.3, -0.25) is 10.1 Å². The molecule has 1 aliphatic rings. The van der Waals surface area contributed by atoms with Gasteiger partial charge >= 0.3 is 5.97 Å². The number of anilines is 1. The van der Waals surface area contributed by atoms with Crippen LogP contribution in [0.4, 0.5) is 5.88 Å². The molecule has 2 heterocycles. The SMILES string of the molecule is CCc1ccc(-c2cc(NC(=O)C3Cc4ccccc4C(=O)O3)on2)cc1. The summed E-state index contributed by atoms with van der Waals surface area (Å²) in [5.41, 5.74) is 4.05. The number of carbonyl (C=O) groups is 2. The molecule has 1 atom stereocenters. The first-order valence-corrected chi connectivity index (χ1v) is 8.80. The van der Waals surface area contributed by atoms with E-state index in [1.807, 2.05) is 36.4 Å². The Morgan fingerprint density at radius 2 is 1.96 bits per heavy atom. The van der Waals surface area contributed by atoms with Crippen molar-refractivity contribution in [2.75, 3.05) is 5.32 Å². The van der Waals surface area contributed by atoms with E-state index in [1.54, 1.807) is 18.2 Å². The first-order valence-electron chi connectivity index (χ1n) is 8.80. The Morgan fingerprint density at radius 1 is 1.19 bits per heavy atom. The highest BCUT2D eigenvalue weighted by Gasteiger charge is 2.31. The van der Waals surface area contributed by atoms with E-state index in [9.17, 15) is 9.59 Å². The van der Waals surface area contributed by atoms with Crippen LogP contribution in [-0.4, -0.2) is 23.1 Å². The molecule has 0 radical (unpaired) electrons. The Bertz CT molecular complexity index is 991. The van der Waals surface area contributed by atoms with Gasteiger partial charge in [0.15, 0.2) is 6.10 Å². The van der Waals surface area contributed by atoms with Crippen molar-refractivity contribution in [2.45, 2.75) is 25.9 Å². The molecule has 0 saturated heterocycles. The number of ether oxygens (including phenoxy) is 1. The number of hydrogen-bond acceptors (Lipinski definition) is 5. The molecule has 6 heteroatoms. The minimum atomic E-state index is -0.898. The lowest BCUT2D eigenvalue weighted by Gasteiger charge is -2.23. The van der Waals surface area contributed by atoms with Crippen LogP contribution in [0.15, 0.2) is 59.1 Å². The third kappa shape index (κ3) is 3.46. The highest BCUT2D eigenvalue weighted by atomic mass is 16.5. The molecule has 1 aliphatic heterocycles. The largest absolute Gasteiger partial charge is 0.448 e. The Hall–Kier alpha value is -3.41. The van der Waals surface area contributed by atoms with Crippen LogP contribution < -0.4 is 5.32 Å². The van der Waals surface area contributed by atoms with Crippen LogP contribution in [0.5, 0.6) is 0 Å². The monoisotopic (exact) mass is 362 g/mol. The number of amides is 1. The van der Waals surface area contributed by atoms with Crippen LogP contribution in [0.1, 0.15) is 28.4 Å². The van der Waals surface area contributed by atoms with Crippen LogP contribution in [0.3, 0.4) is 0 Å². The fraction of sp³-hybridized carbons (Fsp3) is 0.190. The Morgan fingerprint density at radius 3 is 2.74 bits per heavy atom. The molecule has 0 fully saturated rings. The highest BCUT2D eigenvalue weighted by molar-refractivity contribution is 5.99. The zero-order valence-corrected chi connectivity index (χ0v) is 14.8. The molecule has 0 spiro atoms. The lowest BCUT2D eigenvalue weighted by atomic mass is 9.98. The minimum absolute atomic E-state index is 0.212. The van der Waals surface area contributed by atoms with Crippen LogP contribution in [0.25, 0.3) is 11.3 Å². The molecule has 1 amide bonds. The summed E-state index contributed by atoms with van der Waals surface area (Å²) >= 11 is 0. The smallest absolute Gasteiger partial charge is 0.339 e. The van der Waals surface area contributed by atoms with E-state index in [0.717, 1.165) is 17.5 Å². The molecule has 27 heavy (non-hydrogen) atoms. The van der Waals surface area contributed by atoms with E-state index in [0.29, 0.717) is 17.7 Å². The second kappa shape index (κ2) is 7.07. The van der Waals surface area contributed by atoms with Crippen molar-refractivity contribution in [1.82, 2.24) is 5.16 Å². The normalized spacial score (nSPS) is 15.7. The Kier molecular flexibility index (Phi) is 4.46. The average molecular weight is 362 g/mol. The van der Waals surface area contributed by atoms with E-state index >= 15 is 0 Å². The molecule has 1 aromatic heterocycles. The summed E-state index contributed by atoms with van der Waals surface area (Å²) in [5.74, 6) is -0.724. The number of esters is 1. The maximum atomic E-state index is 12.5. The topological polar surface area (TPSA) is 81.4 Å². The Balaban J connectivity index is 1.46. The standard InChI is InChI=1S/C21H18N2O4/c1-2-13-7-9-14(10-8-13)17-12-19(27-23-17)22-20(24)18-11-15-5-3-4-6-16(15)21(25)26-18/h3-10,12,18H,2,11H2,1H3,(H,22,24). The summed E-state index contributed by atoms with van der Waals surface area (Å²) in [6.45, 7) is 2.09. The molecule has 6 nitrogen and oxygen atoms in total. The molecular formula is C21H18N2O4. The summed E-state index contributed by atoms with van der Waals surface area (Å²) < 4.78 is 10.5. The van der Waals surface area contributed by atoms with Gasteiger partial charge in [0, 0.05) is 18.1 Å². The van der Waals surface area contributed by atoms with Gasteiger partial charge in [0.25, 0.3) is 5.91 Å². The molecule has 4 rings (SSSR count). The van der Waals surface area contributed by atoms with E-state index < -0.39 is 18.0 Å². The van der Waals surface area contributed by atoms with Crippen LogP contribution in [0, 0.1) is 0 Å². The maximum Gasteiger partial charge on any atom is 0.339 e. The number of carbonyl (C=O) groups excluding carboxylic acids is 2. The summed E-state index contributed by atoms with van der Waals surface area (Å²) in [6, 6.07) is 16.7. The van der Waals surface area contributed by atoms with Gasteiger partial charge in [-0.1, -0.05) is 54.5 Å². The number of cyclic esters (lactones) is 1. The van der Waals surface area contributed by atoms with E-state index in [-0.39, 0.29) is 5.88 Å². The van der Waals surface area contributed by atoms with E-state index in [4.69, 9.17) is 9.26 Å². The van der Waals surface area contributed by atoms with Crippen LogP contribution in [0.2, 0.25) is 0 Å². The molecule has 0 bridgehead atoms. The second-order valence-electron chi connectivity index (χ2n) is 6.37. The molecule has 0 aliphatic carbocycles. The van der Waals surface area contributed by atoms with Gasteiger partial charge in [0.2, 0.25) is 5.88 Å². The second-order valence-corrected chi connectivity index (χ2v) is 6.37. The molecule has 2 aromatic carbocycles. The zero-order valence-electron chi connectivity index (χ0n) is 14.8. The quantitative estimate of drug-likeness (QED) is 0.717. The van der Waals surface area contributed by atoms with Crippen molar-refractivity contribution in [3.63, 3.8) is 0 Å². The van der Waals surface area contributed by atoms with Crippen molar-refractivity contribution < 1.29 is 18.8 Å². The summed E-state index contributed by atoms with van der Waals surface area (Å²) in [4.78, 5) is 24.5. The van der Waals surface area contributed by atoms with Gasteiger partial charge in [-0.2, -0.15) is 0 Å². The lowest BCUT2D eigenvalue weighted by Crippen LogP contribution is -2.37. The molecule has 136 valence electrons. The number of aromatic nitrogens is 1. The number of aryl methyl sites for hydroxylation is 1. The number of rotatable bonds is 4. The van der Waals surface area contributed by atoms with Crippen LogP contribution >= 0.6 is 0 Å². The molecule has 1 N–H and O–H groups in total. The number of nitrogens with one attached hydrogen (secondary N) is 1. The maximum absolute atomic E-state index is 12.5. The van der Waals surface area contributed by atoms with Gasteiger partial charge < -0.3 is 9.26 Å². The van der Waals surface area contributed by atoms with Gasteiger partial charge in [0.1, 0.15) is 5.69 Å². The van der Waals surface area contributed by atoms with Crippen molar-refractivity contribution in [1.29, 1.82) is 0 Å². The van der Waals surface area contributed by atoms with Crippen molar-refractivity contribution in [3.05, 3.63) is 71.3 Å². The number of nitrogens with zero attached hydrogens (tertiary/aromatic N) is 1. The van der Waals surface area contributed by atoms with E-state index in [1.165, 1.54) is 5.56 Å². The van der Waals surface area contributed by atoms with Gasteiger partial charge in [-0.15, -0.1) is 0 Å². The molecule has 1 unspecified atom stereocenters. The van der Waals surface area contributed by atoms with Crippen molar-refractivity contribution in [2.24, 2.45) is 0 Å². The fourth-order valence-corrected chi connectivity index (χ4v) is 3.06. The average Bonchev–Trinajstić information content (AvgIpc) is 3.16. The molecular weight excluding hydrogens is 344 g/mol. The number of benzene rings is 2. The van der Waals surface area contributed by atoms with Gasteiger partial charge in [-0.25, -0.2) is 4.79 Å². The number of hydrogen-bond donors (Lipinski definition) is 1. The third-order valence-electron chi connectivity index (χ3n) is 4.60. The van der Waals surface area contributed by atoms with Crippen molar-refractivity contribution in [3.8, 4) is 11.3 Å². The van der Waals surface area contributed by atoms with Crippen LogP contribution in [-0.2, 0) is 22.4 Å². The molecule has 0 saturated carbocycles. The first kappa shape index (κ1) is 17.0. The Labute approximate surface area is 156 Å². The highest BCUT2D eigenvalue weighted by Crippen LogP contribution is 2.24. The van der Waals surface area contributed by atoms with E-state index in [2.05, 4.69) is 17.4 Å². The third-order valence-corrected chi connectivity index (χ3v) is 4.60. The predicted molar refractivity (Wildman–Crippen MR) is 99.3 cm³/mol. The summed E-state index contributed by atoms with van der Waals surface area (Å²) in [6.07, 6.45) is 0.390. The predicted octanol–water partition coefficient (Wildman–Crippen LogP) is 3.62. The van der Waals surface area contributed by atoms with Gasteiger partial charge in [-0.05, 0) is 23.6 Å². The van der Waals surface area contributed by atoms with Crippen molar-refractivity contribution >= 4 is 17.8 Å². The summed E-state index contributed by atoms with van der Waals surface area (Å²) in [5, 5.41) is 6.62. The fourth-order valence-electron chi connectivity index (χ4n) is 3.06. The first-order chi connectivity index (χ1) is 13.1. The molecule has 3 aromatic rings. The number of fused-ring (bicyclic) bond motifs is 1. The lowest BCUT2D eigenvalue weighted by molar-refractivity contribution is -0.125.